The highest BCUT2D eigenvalue weighted by atomic mass is 36.0. The normalized spacial score (nSPS) is 17.4. The van der Waals surface area contributed by atoms with Crippen LogP contribution in [0, 0.1) is 19.7 Å². The summed E-state index contributed by atoms with van der Waals surface area (Å²) in [5.41, 5.74) is 4.94. The molecule has 3 amide bonds. The van der Waals surface area contributed by atoms with Crippen LogP contribution in [0.25, 0.3) is 25.7 Å². The first-order valence-corrected chi connectivity index (χ1v) is 28.1. The lowest BCUT2D eigenvalue weighted by Crippen LogP contribution is -2.38. The van der Waals surface area contributed by atoms with Crippen molar-refractivity contribution in [2.75, 3.05) is 39.3 Å². The van der Waals surface area contributed by atoms with Crippen LogP contribution >= 0.6 is 38.9 Å². The molecular formula is C54H68Cl3N6O8P. The molecule has 18 heteroatoms. The minimum Gasteiger partial charge on any atom is -0.444 e. The van der Waals surface area contributed by atoms with E-state index in [0.29, 0.717) is 75.6 Å². The highest BCUT2D eigenvalue weighted by Crippen LogP contribution is 2.61. The molecule has 3 aromatic carbocycles. The fourth-order valence-electron chi connectivity index (χ4n) is 7.53. The molecule has 1 N–H and O–H groups in total. The number of allylic oxidation sites excluding steroid dienone is 1. The molecule has 6 rings (SSSR count). The Kier molecular flexibility index (Phi) is 23.2. The standard InChI is InChI=1S/C18H24N2O3.2C18H22N2O2.Cl3OP/c1-17(2,3)23-16(21)20-12-5-10-18(22,11-13-20)14-6-8-15(19-4)9-7-14;2*1-18(2,3)22-17(21)20-12-5-6-14(11-13-20)15-7-9-16(19-4)10-8-15;1-5(2,3)4/h6-9,22H,5,10-13H2,1-3H3;7-11H,5-6,12-13H2,1-3H3;6-10H,5,11-13H2,1-3H3;. The second kappa shape index (κ2) is 27.5. The molecule has 388 valence electrons. The molecule has 0 spiro atoms. The molecule has 72 heavy (non-hydrogen) atoms. The van der Waals surface area contributed by atoms with E-state index in [1.165, 1.54) is 11.1 Å². The number of rotatable bonds is 3. The summed E-state index contributed by atoms with van der Waals surface area (Å²) >= 11 is 13.8. The van der Waals surface area contributed by atoms with Gasteiger partial charge in [0.15, 0.2) is 17.1 Å². The Morgan fingerprint density at radius 2 is 0.944 bits per heavy atom. The number of aliphatic hydroxyl groups is 1. The minimum absolute atomic E-state index is 0.245. The molecule has 3 aromatic rings. The first-order valence-electron chi connectivity index (χ1n) is 23.7. The summed E-state index contributed by atoms with van der Waals surface area (Å²) in [6.45, 7) is 41.4. The van der Waals surface area contributed by atoms with Gasteiger partial charge in [-0.3, -0.25) is 4.57 Å². The van der Waals surface area contributed by atoms with Crippen molar-refractivity contribution in [3.8, 4) is 0 Å². The molecule has 1 fully saturated rings. The van der Waals surface area contributed by atoms with Crippen molar-refractivity contribution in [1.82, 2.24) is 14.7 Å². The molecular weight excluding hydrogens is 998 g/mol. The fourth-order valence-corrected chi connectivity index (χ4v) is 7.53. The molecule has 1 saturated heterocycles. The number of halogens is 3. The van der Waals surface area contributed by atoms with E-state index in [1.54, 1.807) is 39.0 Å². The van der Waals surface area contributed by atoms with E-state index in [9.17, 15) is 24.1 Å². The zero-order valence-corrected chi connectivity index (χ0v) is 46.0. The van der Waals surface area contributed by atoms with Gasteiger partial charge in [0.05, 0.1) is 25.3 Å². The van der Waals surface area contributed by atoms with Crippen LogP contribution in [0.2, 0.25) is 0 Å². The van der Waals surface area contributed by atoms with Crippen LogP contribution in [0.5, 0.6) is 0 Å². The SMILES string of the molecule is O=P(Cl)(Cl)Cl.[C-]#[N+]c1ccc(C2(O)CCCN(C(=O)OC(C)(C)C)CC2)cc1.[C-]#[N+]c1ccc(C2=CCCN(C(=O)OC(C)(C)C)CC2)cc1.[C-]#[N+]c1ccc(C2=CCN(C(=O)OC(C)(C)C)CCC2)cc1. The van der Waals surface area contributed by atoms with E-state index in [2.05, 4.69) is 60.4 Å². The number of likely N-dealkylation sites (tertiary alicyclic amines) is 1. The largest absolute Gasteiger partial charge is 0.444 e. The molecule has 0 aromatic heterocycles. The Hall–Kier alpha value is -5.52. The van der Waals surface area contributed by atoms with Crippen LogP contribution in [0.1, 0.15) is 124 Å². The molecule has 0 saturated carbocycles. The van der Waals surface area contributed by atoms with Gasteiger partial charge in [-0.1, -0.05) is 84.9 Å². The topological polar surface area (TPSA) is 139 Å². The Morgan fingerprint density at radius 1 is 0.556 bits per heavy atom. The monoisotopic (exact) mass is 1060 g/mol. The second-order valence-corrected chi connectivity index (χ2v) is 26.9. The molecule has 0 radical (unpaired) electrons. The Morgan fingerprint density at radius 3 is 1.38 bits per heavy atom. The molecule has 0 aliphatic carbocycles. The number of ether oxygens (including phenoxy) is 3. The van der Waals surface area contributed by atoms with E-state index in [-0.39, 0.29) is 18.3 Å². The number of amides is 3. The summed E-state index contributed by atoms with van der Waals surface area (Å²) in [4.78, 5) is 51.8. The summed E-state index contributed by atoms with van der Waals surface area (Å²) in [7, 11) is 0. The lowest BCUT2D eigenvalue weighted by Gasteiger charge is -2.28. The number of carbonyl (C=O) groups excluding carboxylic acids is 3. The van der Waals surface area contributed by atoms with Crippen molar-refractivity contribution >= 4 is 85.4 Å². The Bertz CT molecular complexity index is 2520. The zero-order valence-electron chi connectivity index (χ0n) is 42.8. The highest BCUT2D eigenvalue weighted by Gasteiger charge is 2.34. The van der Waals surface area contributed by atoms with Crippen molar-refractivity contribution in [2.45, 2.75) is 130 Å². The van der Waals surface area contributed by atoms with Gasteiger partial charge in [0.2, 0.25) is 0 Å². The van der Waals surface area contributed by atoms with E-state index in [1.807, 2.05) is 111 Å². The molecule has 0 bridgehead atoms. The smallest absolute Gasteiger partial charge is 0.410 e. The van der Waals surface area contributed by atoms with E-state index < -0.39 is 27.6 Å². The summed E-state index contributed by atoms with van der Waals surface area (Å²) < 4.78 is 25.8. The fraction of sp³-hybridized carbons (Fsp3) is 0.481. The van der Waals surface area contributed by atoms with Crippen LogP contribution in [-0.2, 0) is 24.4 Å². The van der Waals surface area contributed by atoms with E-state index in [4.69, 9.17) is 33.9 Å². The third kappa shape index (κ3) is 22.9. The third-order valence-electron chi connectivity index (χ3n) is 10.9. The van der Waals surface area contributed by atoms with Crippen molar-refractivity contribution in [2.24, 2.45) is 0 Å². The number of carbonyl (C=O) groups is 3. The van der Waals surface area contributed by atoms with Gasteiger partial charge < -0.3 is 34.0 Å². The molecule has 3 aliphatic heterocycles. The lowest BCUT2D eigenvalue weighted by atomic mass is 9.87. The van der Waals surface area contributed by atoms with Crippen LogP contribution in [0.3, 0.4) is 0 Å². The summed E-state index contributed by atoms with van der Waals surface area (Å²) in [5, 5.41) is 7.74. The van der Waals surface area contributed by atoms with Crippen molar-refractivity contribution in [3.05, 3.63) is 136 Å². The predicted molar refractivity (Wildman–Crippen MR) is 289 cm³/mol. The van der Waals surface area contributed by atoms with Crippen molar-refractivity contribution in [1.29, 1.82) is 0 Å². The van der Waals surface area contributed by atoms with Gasteiger partial charge in [0, 0.05) is 39.3 Å². The van der Waals surface area contributed by atoms with Gasteiger partial charge in [0.25, 0.3) is 0 Å². The first-order chi connectivity index (χ1) is 33.5. The summed E-state index contributed by atoms with van der Waals surface area (Å²) in [6.07, 6.45) is 8.65. The first kappa shape index (κ1) is 60.8. The molecule has 3 heterocycles. The van der Waals surface area contributed by atoms with Crippen molar-refractivity contribution < 1.29 is 38.3 Å². The van der Waals surface area contributed by atoms with Crippen LogP contribution in [-0.4, -0.2) is 94.2 Å². The molecule has 14 nitrogen and oxygen atoms in total. The maximum absolute atomic E-state index is 12.2. The number of benzene rings is 3. The van der Waals surface area contributed by atoms with Gasteiger partial charge in [-0.15, -0.1) is 0 Å². The third-order valence-corrected chi connectivity index (χ3v) is 10.9. The van der Waals surface area contributed by atoms with Gasteiger partial charge in [-0.25, -0.2) is 28.9 Å². The van der Waals surface area contributed by atoms with Gasteiger partial charge in [0.1, 0.15) is 16.8 Å². The van der Waals surface area contributed by atoms with Crippen LogP contribution < -0.4 is 0 Å². The summed E-state index contributed by atoms with van der Waals surface area (Å²) in [6, 6.07) is 22.3. The maximum atomic E-state index is 12.2. The highest BCUT2D eigenvalue weighted by molar-refractivity contribution is 8.24. The van der Waals surface area contributed by atoms with E-state index >= 15 is 0 Å². The molecule has 3 aliphatic rings. The Labute approximate surface area is 441 Å². The number of hydrogen-bond acceptors (Lipinski definition) is 8. The zero-order chi connectivity index (χ0) is 53.9. The number of hydrogen-bond donors (Lipinski definition) is 1. The molecule has 1 unspecified atom stereocenters. The van der Waals surface area contributed by atoms with Gasteiger partial charge in [-0.2, -0.15) is 0 Å². The lowest BCUT2D eigenvalue weighted by molar-refractivity contribution is 0.0127. The van der Waals surface area contributed by atoms with Crippen LogP contribution in [0.4, 0.5) is 31.4 Å². The number of nitrogens with zero attached hydrogens (tertiary/aromatic N) is 6. The predicted octanol–water partition coefficient (Wildman–Crippen LogP) is 16.0. The maximum Gasteiger partial charge on any atom is 0.410 e. The van der Waals surface area contributed by atoms with Crippen molar-refractivity contribution in [3.63, 3.8) is 0 Å². The Balaban J connectivity index is 0.000000272. The second-order valence-electron chi connectivity index (χ2n) is 20.2. The average molecular weight is 1070 g/mol. The molecule has 1 atom stereocenters. The average Bonchev–Trinajstić information content (AvgIpc) is 3.79. The minimum atomic E-state index is -3.22. The van der Waals surface area contributed by atoms with E-state index in [0.717, 1.165) is 42.4 Å². The van der Waals surface area contributed by atoms with Crippen LogP contribution in [0.15, 0.2) is 84.9 Å². The quantitative estimate of drug-likeness (QED) is 0.155. The summed E-state index contributed by atoms with van der Waals surface area (Å²) in [5.74, 6) is 0. The van der Waals surface area contributed by atoms with Gasteiger partial charge in [-0.05, 0) is 169 Å². The van der Waals surface area contributed by atoms with Gasteiger partial charge >= 0.3 is 23.5 Å².